The van der Waals surface area contributed by atoms with Crippen LogP contribution in [0.15, 0.2) is 63.8 Å². The number of benzene rings is 1. The predicted octanol–water partition coefficient (Wildman–Crippen LogP) is 7.48. The third-order valence-electron chi connectivity index (χ3n) is 8.19. The average molecular weight is 622 g/mol. The predicted molar refractivity (Wildman–Crippen MR) is 174 cm³/mol. The van der Waals surface area contributed by atoms with Gasteiger partial charge in [-0.2, -0.15) is 0 Å². The first kappa shape index (κ1) is 29.1. The second-order valence-corrected chi connectivity index (χ2v) is 13.4. The van der Waals surface area contributed by atoms with Crippen molar-refractivity contribution in [3.8, 4) is 21.8 Å². The Hall–Kier alpha value is -2.97. The van der Waals surface area contributed by atoms with Crippen LogP contribution in [-0.4, -0.2) is 50.9 Å². The number of carbonyl (C=O) groups is 1. The Labute approximate surface area is 260 Å². The second-order valence-electron chi connectivity index (χ2n) is 11.5. The molecule has 1 aliphatic carbocycles. The highest BCUT2D eigenvalue weighted by Crippen LogP contribution is 2.34. The highest BCUT2D eigenvalue weighted by atomic mass is 35.5. The SMILES string of the molecule is CCC1=C(n2c(C=C(C)C)c(C(=O)N3CC4CCC(C3)N4)cc(-c3nc(-c4ccc(Cl)cc4)cs3)c2=O)CC(Cl)C=C1. The van der Waals surface area contributed by atoms with Gasteiger partial charge in [-0.3, -0.25) is 14.2 Å². The van der Waals surface area contributed by atoms with Gasteiger partial charge in [0.2, 0.25) is 0 Å². The van der Waals surface area contributed by atoms with Gasteiger partial charge < -0.3 is 10.2 Å². The van der Waals surface area contributed by atoms with E-state index in [1.54, 1.807) is 10.6 Å². The van der Waals surface area contributed by atoms with Gasteiger partial charge in [-0.05, 0) is 63.0 Å². The lowest BCUT2D eigenvalue weighted by molar-refractivity contribution is 0.0696. The fourth-order valence-corrected chi connectivity index (χ4v) is 7.36. The molecule has 218 valence electrons. The molecule has 0 saturated carbocycles. The molecule has 2 saturated heterocycles. The number of allylic oxidation sites excluding steroid dienone is 5. The highest BCUT2D eigenvalue weighted by molar-refractivity contribution is 7.13. The smallest absolute Gasteiger partial charge is 0.265 e. The van der Waals surface area contributed by atoms with E-state index in [-0.39, 0.29) is 16.8 Å². The Kier molecular flexibility index (Phi) is 8.29. The van der Waals surface area contributed by atoms with E-state index >= 15 is 0 Å². The number of alkyl halides is 1. The van der Waals surface area contributed by atoms with Crippen LogP contribution in [0.3, 0.4) is 0 Å². The summed E-state index contributed by atoms with van der Waals surface area (Å²) in [5.41, 5.74) is 5.87. The minimum Gasteiger partial charge on any atom is -0.335 e. The number of pyridine rings is 1. The van der Waals surface area contributed by atoms with Gasteiger partial charge in [0.1, 0.15) is 5.01 Å². The molecule has 0 radical (unpaired) electrons. The summed E-state index contributed by atoms with van der Waals surface area (Å²) in [6.07, 6.45) is 9.32. The first-order chi connectivity index (χ1) is 20.2. The largest absolute Gasteiger partial charge is 0.335 e. The molecule has 3 aliphatic rings. The molecule has 3 unspecified atom stereocenters. The number of piperazine rings is 1. The van der Waals surface area contributed by atoms with Crippen LogP contribution in [0.4, 0.5) is 0 Å². The van der Waals surface area contributed by atoms with Crippen LogP contribution in [0.25, 0.3) is 33.6 Å². The van der Waals surface area contributed by atoms with Crippen LogP contribution >= 0.6 is 34.5 Å². The summed E-state index contributed by atoms with van der Waals surface area (Å²) in [5.74, 6) is -0.0576. The quantitative estimate of drug-likeness (QED) is 0.290. The van der Waals surface area contributed by atoms with Crippen molar-refractivity contribution < 1.29 is 4.79 Å². The molecule has 2 bridgehead atoms. The molecule has 4 heterocycles. The molecule has 2 fully saturated rings. The zero-order valence-electron chi connectivity index (χ0n) is 24.0. The number of hydrogen-bond acceptors (Lipinski definition) is 5. The van der Waals surface area contributed by atoms with Crippen molar-refractivity contribution in [2.45, 2.75) is 63.9 Å². The Bertz CT molecular complexity index is 1670. The number of carbonyl (C=O) groups excluding carboxylic acids is 1. The lowest BCUT2D eigenvalue weighted by atomic mass is 9.98. The maximum absolute atomic E-state index is 14.5. The van der Waals surface area contributed by atoms with Crippen LogP contribution in [0, 0.1) is 0 Å². The van der Waals surface area contributed by atoms with Crippen LogP contribution in [0.2, 0.25) is 5.02 Å². The van der Waals surface area contributed by atoms with Gasteiger partial charge in [0.05, 0.1) is 27.9 Å². The van der Waals surface area contributed by atoms with Crippen molar-refractivity contribution in [2.24, 2.45) is 0 Å². The van der Waals surface area contributed by atoms with Crippen LogP contribution in [-0.2, 0) is 0 Å². The lowest BCUT2D eigenvalue weighted by Gasteiger charge is -2.34. The van der Waals surface area contributed by atoms with E-state index in [2.05, 4.69) is 12.2 Å². The van der Waals surface area contributed by atoms with E-state index in [0.29, 0.717) is 58.4 Å². The highest BCUT2D eigenvalue weighted by Gasteiger charge is 2.36. The number of thiazole rings is 1. The molecule has 1 aromatic carbocycles. The molecular weight excluding hydrogens is 587 g/mol. The molecule has 2 aliphatic heterocycles. The van der Waals surface area contributed by atoms with Gasteiger partial charge >= 0.3 is 0 Å². The molecule has 2 aromatic heterocycles. The first-order valence-electron chi connectivity index (χ1n) is 14.5. The lowest BCUT2D eigenvalue weighted by Crippen LogP contribution is -2.53. The van der Waals surface area contributed by atoms with Crippen molar-refractivity contribution in [3.63, 3.8) is 0 Å². The van der Waals surface area contributed by atoms with E-state index in [9.17, 15) is 9.59 Å². The minimum absolute atomic E-state index is 0.0576. The molecule has 3 aromatic rings. The minimum atomic E-state index is -0.246. The third-order valence-corrected chi connectivity index (χ3v) is 9.62. The number of nitrogens with zero attached hydrogens (tertiary/aromatic N) is 3. The maximum atomic E-state index is 14.5. The molecular formula is C33H34Cl2N4O2S. The van der Waals surface area contributed by atoms with E-state index < -0.39 is 0 Å². The van der Waals surface area contributed by atoms with Crippen molar-refractivity contribution >= 4 is 52.2 Å². The van der Waals surface area contributed by atoms with Crippen molar-refractivity contribution in [3.05, 3.63) is 85.6 Å². The number of amides is 1. The van der Waals surface area contributed by atoms with E-state index in [1.165, 1.54) is 11.3 Å². The van der Waals surface area contributed by atoms with Crippen molar-refractivity contribution in [1.29, 1.82) is 0 Å². The molecule has 1 N–H and O–H groups in total. The molecule has 42 heavy (non-hydrogen) atoms. The third kappa shape index (κ3) is 5.68. The number of rotatable bonds is 6. The molecule has 0 spiro atoms. The molecule has 6 nitrogen and oxygen atoms in total. The fraction of sp³-hybridized carbons (Fsp3) is 0.364. The topological polar surface area (TPSA) is 67.2 Å². The normalized spacial score (nSPS) is 21.6. The number of aromatic nitrogens is 2. The Morgan fingerprint density at radius 3 is 2.55 bits per heavy atom. The Morgan fingerprint density at radius 1 is 1.17 bits per heavy atom. The van der Waals surface area contributed by atoms with E-state index in [1.807, 2.05) is 66.6 Å². The summed E-state index contributed by atoms with van der Waals surface area (Å²) < 4.78 is 1.74. The summed E-state index contributed by atoms with van der Waals surface area (Å²) in [4.78, 5) is 35.8. The van der Waals surface area contributed by atoms with Gasteiger partial charge in [-0.15, -0.1) is 22.9 Å². The van der Waals surface area contributed by atoms with Crippen LogP contribution < -0.4 is 10.9 Å². The number of likely N-dealkylation sites (tertiary alicyclic amines) is 1. The summed E-state index contributed by atoms with van der Waals surface area (Å²) in [7, 11) is 0. The molecule has 1 amide bonds. The van der Waals surface area contributed by atoms with Gasteiger partial charge in [0.25, 0.3) is 11.5 Å². The molecule has 6 rings (SSSR count). The van der Waals surface area contributed by atoms with E-state index in [4.69, 9.17) is 28.2 Å². The Balaban J connectivity index is 1.58. The Morgan fingerprint density at radius 2 is 1.88 bits per heavy atom. The van der Waals surface area contributed by atoms with Gasteiger partial charge in [0, 0.05) is 53.3 Å². The number of halogens is 2. The van der Waals surface area contributed by atoms with Crippen LogP contribution in [0.5, 0.6) is 0 Å². The average Bonchev–Trinajstić information content (AvgIpc) is 3.59. The fourth-order valence-electron chi connectivity index (χ4n) is 6.18. The summed E-state index contributed by atoms with van der Waals surface area (Å²) in [6.45, 7) is 7.37. The van der Waals surface area contributed by atoms with Gasteiger partial charge in [-0.25, -0.2) is 4.98 Å². The van der Waals surface area contributed by atoms with Crippen molar-refractivity contribution in [2.75, 3.05) is 13.1 Å². The van der Waals surface area contributed by atoms with Crippen molar-refractivity contribution in [1.82, 2.24) is 19.8 Å². The molecule has 9 heteroatoms. The zero-order valence-corrected chi connectivity index (χ0v) is 26.3. The summed E-state index contributed by atoms with van der Waals surface area (Å²) >= 11 is 14.1. The standard InChI is InChI=1S/C33H34Cl2N4O2S/c1-4-20-5-10-23(35)14-29(20)39-30(13-19(2)3)26(32(40)38-16-24-11-12-25(17-38)36-24)15-27(33(39)41)31-37-28(18-42-31)21-6-8-22(34)9-7-21/h5-10,13,15,18,23-25,36H,4,11-12,14,16-17H2,1-3H3. The first-order valence-corrected chi connectivity index (χ1v) is 16.2. The second kappa shape index (κ2) is 12.0. The molecule has 3 atom stereocenters. The van der Waals surface area contributed by atoms with Gasteiger partial charge in [-0.1, -0.05) is 48.4 Å². The monoisotopic (exact) mass is 620 g/mol. The number of nitrogens with one attached hydrogen (secondary N) is 1. The number of hydrogen-bond donors (Lipinski definition) is 1. The summed E-state index contributed by atoms with van der Waals surface area (Å²) in [6, 6.07) is 9.87. The van der Waals surface area contributed by atoms with Crippen LogP contribution in [0.1, 0.15) is 62.5 Å². The van der Waals surface area contributed by atoms with Gasteiger partial charge in [0.15, 0.2) is 0 Å². The summed E-state index contributed by atoms with van der Waals surface area (Å²) in [5, 5.41) is 6.53. The maximum Gasteiger partial charge on any atom is 0.265 e. The van der Waals surface area contributed by atoms with E-state index in [0.717, 1.165) is 47.4 Å². The number of fused-ring (bicyclic) bond motifs is 2. The zero-order chi connectivity index (χ0) is 29.5.